The summed E-state index contributed by atoms with van der Waals surface area (Å²) in [5.41, 5.74) is 0.690. The quantitative estimate of drug-likeness (QED) is 0.613. The molecule has 3 rings (SSSR count). The molecule has 0 unspecified atom stereocenters. The highest BCUT2D eigenvalue weighted by molar-refractivity contribution is 7.92. The molecule has 9 heteroatoms. The molecule has 178 valence electrons. The maximum Gasteiger partial charge on any atom is 0.262 e. The van der Waals surface area contributed by atoms with Crippen molar-refractivity contribution >= 4 is 27.5 Å². The Balaban J connectivity index is 1.64. The molecular formula is C24H31N3O5S. The number of amides is 2. The fourth-order valence-corrected chi connectivity index (χ4v) is 4.76. The number of rotatable bonds is 8. The van der Waals surface area contributed by atoms with Crippen LogP contribution in [-0.2, 0) is 14.8 Å². The molecule has 33 heavy (non-hydrogen) atoms. The van der Waals surface area contributed by atoms with Crippen LogP contribution in [0.2, 0.25) is 0 Å². The third-order valence-corrected chi connectivity index (χ3v) is 6.93. The zero-order valence-corrected chi connectivity index (χ0v) is 20.0. The van der Waals surface area contributed by atoms with E-state index in [1.54, 1.807) is 35.2 Å². The Morgan fingerprint density at radius 2 is 1.79 bits per heavy atom. The summed E-state index contributed by atoms with van der Waals surface area (Å²) in [4.78, 5) is 27.1. The molecule has 0 spiro atoms. The van der Waals surface area contributed by atoms with Crippen LogP contribution in [0, 0.1) is 11.8 Å². The first-order chi connectivity index (χ1) is 15.7. The molecule has 0 aromatic heterocycles. The predicted molar refractivity (Wildman–Crippen MR) is 127 cm³/mol. The molecule has 0 aliphatic carbocycles. The van der Waals surface area contributed by atoms with E-state index in [2.05, 4.69) is 10.0 Å². The van der Waals surface area contributed by atoms with Gasteiger partial charge in [-0.25, -0.2) is 8.42 Å². The number of ether oxygens (including phenoxy) is 1. The van der Waals surface area contributed by atoms with Crippen LogP contribution >= 0.6 is 0 Å². The van der Waals surface area contributed by atoms with E-state index in [1.165, 1.54) is 25.3 Å². The summed E-state index contributed by atoms with van der Waals surface area (Å²) in [7, 11) is -2.37. The topological polar surface area (TPSA) is 105 Å². The molecule has 1 fully saturated rings. The average molecular weight is 474 g/mol. The lowest BCUT2D eigenvalue weighted by Crippen LogP contribution is -2.43. The van der Waals surface area contributed by atoms with Crippen molar-refractivity contribution < 1.29 is 22.7 Å². The number of likely N-dealkylation sites (tertiary alicyclic amines) is 1. The molecule has 2 N–H and O–H groups in total. The highest BCUT2D eigenvalue weighted by Crippen LogP contribution is 2.23. The standard InChI is InChI=1S/C24H31N3O5S/c1-17(2)16-25-23(28)18-10-12-27(13-11-18)24(29)19-6-4-7-20(14-19)26-33(30,31)22-9-5-8-21(15-22)32-3/h4-9,14-15,17-18,26H,10-13,16H2,1-3H3,(H,25,28). The third kappa shape index (κ3) is 6.47. The number of piperidine rings is 1. The number of hydrogen-bond donors (Lipinski definition) is 2. The number of carbonyl (C=O) groups excluding carboxylic acids is 2. The van der Waals surface area contributed by atoms with E-state index < -0.39 is 10.0 Å². The van der Waals surface area contributed by atoms with E-state index in [0.717, 1.165) is 0 Å². The van der Waals surface area contributed by atoms with Gasteiger partial charge in [-0.3, -0.25) is 14.3 Å². The molecule has 0 atom stereocenters. The van der Waals surface area contributed by atoms with E-state index in [4.69, 9.17) is 4.74 Å². The summed E-state index contributed by atoms with van der Waals surface area (Å²) in [6.45, 7) is 5.71. The van der Waals surface area contributed by atoms with Crippen LogP contribution in [0.5, 0.6) is 5.75 Å². The minimum atomic E-state index is -3.84. The molecule has 1 saturated heterocycles. The summed E-state index contributed by atoms with van der Waals surface area (Å²) in [5, 5.41) is 2.96. The Bertz CT molecular complexity index is 1090. The zero-order valence-electron chi connectivity index (χ0n) is 19.2. The Hall–Kier alpha value is -3.07. The summed E-state index contributed by atoms with van der Waals surface area (Å²) in [6.07, 6.45) is 1.22. The second-order valence-corrected chi connectivity index (χ2v) is 10.3. The number of methoxy groups -OCH3 is 1. The van der Waals surface area contributed by atoms with E-state index in [-0.39, 0.29) is 22.6 Å². The monoisotopic (exact) mass is 473 g/mol. The van der Waals surface area contributed by atoms with E-state index in [0.29, 0.717) is 55.4 Å². The second-order valence-electron chi connectivity index (χ2n) is 8.57. The summed E-state index contributed by atoms with van der Waals surface area (Å²) >= 11 is 0. The van der Waals surface area contributed by atoms with Crippen molar-refractivity contribution in [1.29, 1.82) is 0 Å². The molecule has 1 aliphatic heterocycles. The Morgan fingerprint density at radius 1 is 1.09 bits per heavy atom. The second kappa shape index (κ2) is 10.7. The van der Waals surface area contributed by atoms with E-state index in [9.17, 15) is 18.0 Å². The van der Waals surface area contributed by atoms with Crippen molar-refractivity contribution in [2.45, 2.75) is 31.6 Å². The molecule has 0 radical (unpaired) electrons. The van der Waals surface area contributed by atoms with Gasteiger partial charge >= 0.3 is 0 Å². The first-order valence-electron chi connectivity index (χ1n) is 11.0. The summed E-state index contributed by atoms with van der Waals surface area (Å²) in [6, 6.07) is 12.6. The smallest absolute Gasteiger partial charge is 0.262 e. The molecule has 1 heterocycles. The molecular weight excluding hydrogens is 442 g/mol. The van der Waals surface area contributed by atoms with Gasteiger partial charge in [0.05, 0.1) is 12.0 Å². The molecule has 0 saturated carbocycles. The number of anilines is 1. The molecule has 0 bridgehead atoms. The first-order valence-corrected chi connectivity index (χ1v) is 12.5. The van der Waals surface area contributed by atoms with Gasteiger partial charge in [0.25, 0.3) is 15.9 Å². The van der Waals surface area contributed by atoms with Gasteiger partial charge in [-0.15, -0.1) is 0 Å². The highest BCUT2D eigenvalue weighted by atomic mass is 32.2. The molecule has 2 amide bonds. The van der Waals surface area contributed by atoms with Crippen LogP contribution in [0.1, 0.15) is 37.0 Å². The van der Waals surface area contributed by atoms with Crippen molar-refractivity contribution in [2.75, 3.05) is 31.5 Å². The largest absolute Gasteiger partial charge is 0.497 e. The van der Waals surface area contributed by atoms with Crippen molar-refractivity contribution in [3.63, 3.8) is 0 Å². The number of hydrogen-bond acceptors (Lipinski definition) is 5. The van der Waals surface area contributed by atoms with Gasteiger partial charge in [-0.1, -0.05) is 26.0 Å². The zero-order chi connectivity index (χ0) is 24.0. The van der Waals surface area contributed by atoms with Gasteiger partial charge in [0.2, 0.25) is 5.91 Å². The Morgan fingerprint density at radius 3 is 2.45 bits per heavy atom. The highest BCUT2D eigenvalue weighted by Gasteiger charge is 2.28. The van der Waals surface area contributed by atoms with Crippen molar-refractivity contribution in [3.05, 3.63) is 54.1 Å². The van der Waals surface area contributed by atoms with Crippen LogP contribution in [0.3, 0.4) is 0 Å². The van der Waals surface area contributed by atoms with Crippen molar-refractivity contribution in [1.82, 2.24) is 10.2 Å². The molecule has 8 nitrogen and oxygen atoms in total. The number of sulfonamides is 1. The lowest BCUT2D eigenvalue weighted by Gasteiger charge is -2.31. The maximum atomic E-state index is 13.0. The van der Waals surface area contributed by atoms with Gasteiger partial charge in [-0.05, 0) is 49.1 Å². The lowest BCUT2D eigenvalue weighted by atomic mass is 9.95. The summed E-state index contributed by atoms with van der Waals surface area (Å²) < 4.78 is 33.1. The summed E-state index contributed by atoms with van der Waals surface area (Å²) in [5.74, 6) is 0.601. The number of carbonyl (C=O) groups is 2. The fraction of sp³-hybridized carbons (Fsp3) is 0.417. The van der Waals surface area contributed by atoms with Crippen LogP contribution in [0.4, 0.5) is 5.69 Å². The van der Waals surface area contributed by atoms with Gasteiger partial charge in [0, 0.05) is 42.9 Å². The maximum absolute atomic E-state index is 13.0. The van der Waals surface area contributed by atoms with Crippen LogP contribution in [0.25, 0.3) is 0 Å². The van der Waals surface area contributed by atoms with Gasteiger partial charge in [0.1, 0.15) is 5.75 Å². The minimum Gasteiger partial charge on any atom is -0.497 e. The van der Waals surface area contributed by atoms with Crippen LogP contribution in [-0.4, -0.2) is 51.9 Å². The average Bonchev–Trinajstić information content (AvgIpc) is 2.82. The van der Waals surface area contributed by atoms with Gasteiger partial charge in [-0.2, -0.15) is 0 Å². The minimum absolute atomic E-state index is 0.0461. The van der Waals surface area contributed by atoms with Crippen molar-refractivity contribution in [3.8, 4) is 5.75 Å². The predicted octanol–water partition coefficient (Wildman–Crippen LogP) is 3.12. The van der Waals surface area contributed by atoms with Crippen LogP contribution in [0.15, 0.2) is 53.4 Å². The van der Waals surface area contributed by atoms with Crippen LogP contribution < -0.4 is 14.8 Å². The SMILES string of the molecule is COc1cccc(S(=O)(=O)Nc2cccc(C(=O)N3CCC(C(=O)NCC(C)C)CC3)c2)c1. The fourth-order valence-electron chi connectivity index (χ4n) is 3.67. The third-order valence-electron chi connectivity index (χ3n) is 5.55. The normalized spacial score (nSPS) is 14.7. The molecule has 1 aliphatic rings. The Labute approximate surface area is 195 Å². The molecule has 2 aromatic carbocycles. The number of nitrogens with one attached hydrogen (secondary N) is 2. The first kappa shape index (κ1) is 24.6. The lowest BCUT2D eigenvalue weighted by molar-refractivity contribution is -0.126. The number of benzene rings is 2. The van der Waals surface area contributed by atoms with Gasteiger partial charge in [0.15, 0.2) is 0 Å². The van der Waals surface area contributed by atoms with E-state index in [1.807, 2.05) is 13.8 Å². The van der Waals surface area contributed by atoms with Gasteiger partial charge < -0.3 is 15.0 Å². The number of nitrogens with zero attached hydrogens (tertiary/aromatic N) is 1. The molecule has 2 aromatic rings. The van der Waals surface area contributed by atoms with Crippen molar-refractivity contribution in [2.24, 2.45) is 11.8 Å². The Kier molecular flexibility index (Phi) is 7.97. The van der Waals surface area contributed by atoms with E-state index >= 15 is 0 Å².